The second-order valence-electron chi connectivity index (χ2n) is 5.37. The van der Waals surface area contributed by atoms with Crippen LogP contribution >= 0.6 is 0 Å². The number of aryl methyl sites for hydroxylation is 1. The first-order chi connectivity index (χ1) is 9.99. The van der Waals surface area contributed by atoms with Crippen molar-refractivity contribution >= 4 is 5.97 Å². The first-order valence-corrected chi connectivity index (χ1v) is 7.64. The Kier molecular flexibility index (Phi) is 7.23. The Bertz CT molecular complexity index is 457. The van der Waals surface area contributed by atoms with Crippen molar-refractivity contribution in [2.45, 2.75) is 59.7 Å². The van der Waals surface area contributed by atoms with Gasteiger partial charge in [-0.15, -0.1) is 0 Å². The molecule has 0 saturated carbocycles. The summed E-state index contributed by atoms with van der Waals surface area (Å²) in [6.07, 6.45) is 0.0355. The summed E-state index contributed by atoms with van der Waals surface area (Å²) in [5.74, 6) is 0.483. The van der Waals surface area contributed by atoms with Gasteiger partial charge in [0, 0.05) is 18.2 Å². The van der Waals surface area contributed by atoms with E-state index < -0.39 is 6.10 Å². The smallest absolute Gasteiger partial charge is 0.347 e. The van der Waals surface area contributed by atoms with Gasteiger partial charge in [-0.25, -0.2) is 4.79 Å². The molecule has 0 aliphatic rings. The summed E-state index contributed by atoms with van der Waals surface area (Å²) in [4.78, 5) is 11.9. The lowest BCUT2D eigenvalue weighted by Crippen LogP contribution is -2.30. The lowest BCUT2D eigenvalue weighted by molar-refractivity contribution is -0.151. The van der Waals surface area contributed by atoms with Gasteiger partial charge in [-0.05, 0) is 25.8 Å². The van der Waals surface area contributed by atoms with Crippen LogP contribution in [0.4, 0.5) is 0 Å². The van der Waals surface area contributed by atoms with Crippen LogP contribution in [-0.4, -0.2) is 24.7 Å². The van der Waals surface area contributed by atoms with E-state index in [-0.39, 0.29) is 5.97 Å². The molecule has 1 rings (SSSR count). The van der Waals surface area contributed by atoms with Gasteiger partial charge < -0.3 is 14.8 Å². The van der Waals surface area contributed by atoms with Crippen LogP contribution < -0.4 is 10.1 Å². The summed E-state index contributed by atoms with van der Waals surface area (Å²) in [7, 11) is 0. The fourth-order valence-corrected chi connectivity index (χ4v) is 2.01. The molecular weight excluding hydrogens is 266 g/mol. The Morgan fingerprint density at radius 1 is 1.29 bits per heavy atom. The van der Waals surface area contributed by atoms with Crippen molar-refractivity contribution in [2.75, 3.05) is 6.61 Å². The minimum atomic E-state index is -0.552. The molecule has 0 bridgehead atoms. The highest BCUT2D eigenvalue weighted by molar-refractivity contribution is 5.75. The third-order valence-electron chi connectivity index (χ3n) is 3.17. The molecule has 4 nitrogen and oxygen atoms in total. The van der Waals surface area contributed by atoms with Gasteiger partial charge in [0.2, 0.25) is 0 Å². The van der Waals surface area contributed by atoms with Crippen LogP contribution in [0.1, 0.15) is 45.2 Å². The summed E-state index contributed by atoms with van der Waals surface area (Å²) < 4.78 is 11.0. The van der Waals surface area contributed by atoms with Crippen LogP contribution in [0.3, 0.4) is 0 Å². The average Bonchev–Trinajstić information content (AvgIpc) is 2.44. The molecule has 0 radical (unpaired) electrons. The maximum atomic E-state index is 11.9. The van der Waals surface area contributed by atoms with Crippen LogP contribution in [-0.2, 0) is 16.1 Å². The number of benzene rings is 1. The lowest BCUT2D eigenvalue weighted by atomic mass is 10.1. The third-order valence-corrected chi connectivity index (χ3v) is 3.17. The minimum absolute atomic E-state index is 0.300. The van der Waals surface area contributed by atoms with Crippen molar-refractivity contribution in [1.82, 2.24) is 5.32 Å². The summed E-state index contributed by atoms with van der Waals surface area (Å²) in [6.45, 7) is 11.0. The molecule has 0 aliphatic carbocycles. The Hall–Kier alpha value is -1.55. The van der Waals surface area contributed by atoms with Crippen molar-refractivity contribution < 1.29 is 14.3 Å². The monoisotopic (exact) mass is 293 g/mol. The van der Waals surface area contributed by atoms with E-state index in [9.17, 15) is 4.79 Å². The highest BCUT2D eigenvalue weighted by atomic mass is 16.6. The highest BCUT2D eigenvalue weighted by Gasteiger charge is 2.21. The second-order valence-corrected chi connectivity index (χ2v) is 5.37. The number of rotatable bonds is 8. The molecular formula is C17H27NO3. The molecule has 1 unspecified atom stereocenters. The Morgan fingerprint density at radius 2 is 2.00 bits per heavy atom. The zero-order valence-corrected chi connectivity index (χ0v) is 13.7. The normalized spacial score (nSPS) is 12.3. The topological polar surface area (TPSA) is 47.6 Å². The number of para-hydroxylation sites is 1. The predicted molar refractivity (Wildman–Crippen MR) is 84.5 cm³/mol. The molecule has 0 aromatic heterocycles. The molecule has 0 amide bonds. The number of hydrogen-bond acceptors (Lipinski definition) is 4. The van der Waals surface area contributed by atoms with Crippen molar-refractivity contribution in [2.24, 2.45) is 0 Å². The molecule has 21 heavy (non-hydrogen) atoms. The van der Waals surface area contributed by atoms with Crippen LogP contribution in [0.5, 0.6) is 5.75 Å². The maximum absolute atomic E-state index is 11.9. The van der Waals surface area contributed by atoms with Crippen molar-refractivity contribution in [3.63, 3.8) is 0 Å². The molecule has 1 aromatic rings. The van der Waals surface area contributed by atoms with E-state index in [1.54, 1.807) is 6.92 Å². The van der Waals surface area contributed by atoms with Crippen LogP contribution in [0.25, 0.3) is 0 Å². The van der Waals surface area contributed by atoms with Crippen molar-refractivity contribution in [1.29, 1.82) is 0 Å². The van der Waals surface area contributed by atoms with Crippen LogP contribution in [0.15, 0.2) is 18.2 Å². The van der Waals surface area contributed by atoms with Gasteiger partial charge in [0.15, 0.2) is 6.10 Å². The summed E-state index contributed by atoms with van der Waals surface area (Å²) >= 11 is 0. The molecule has 1 atom stereocenters. The Labute approximate surface area is 127 Å². The zero-order chi connectivity index (χ0) is 15.8. The van der Waals surface area contributed by atoms with E-state index in [0.717, 1.165) is 16.9 Å². The first kappa shape index (κ1) is 17.5. The number of carbonyl (C=O) groups excluding carboxylic acids is 1. The van der Waals surface area contributed by atoms with E-state index in [1.807, 2.05) is 32.0 Å². The SMILES string of the molecule is CCOC(=O)C(CC)Oc1c(C)cccc1CNC(C)C. The molecule has 1 N–H and O–H groups in total. The summed E-state index contributed by atoms with van der Waals surface area (Å²) in [5, 5.41) is 3.38. The third kappa shape index (κ3) is 5.38. The van der Waals surface area contributed by atoms with E-state index >= 15 is 0 Å². The van der Waals surface area contributed by atoms with Gasteiger partial charge in [0.25, 0.3) is 0 Å². The van der Waals surface area contributed by atoms with E-state index in [0.29, 0.717) is 25.6 Å². The van der Waals surface area contributed by atoms with Crippen molar-refractivity contribution in [3.8, 4) is 5.75 Å². The highest BCUT2D eigenvalue weighted by Crippen LogP contribution is 2.25. The van der Waals surface area contributed by atoms with Crippen molar-refractivity contribution in [3.05, 3.63) is 29.3 Å². The Morgan fingerprint density at radius 3 is 2.57 bits per heavy atom. The summed E-state index contributed by atoms with van der Waals surface area (Å²) in [5.41, 5.74) is 2.09. The number of hydrogen-bond donors (Lipinski definition) is 1. The van der Waals surface area contributed by atoms with Gasteiger partial charge in [-0.1, -0.05) is 39.0 Å². The van der Waals surface area contributed by atoms with Crippen LogP contribution in [0, 0.1) is 6.92 Å². The van der Waals surface area contributed by atoms with Gasteiger partial charge >= 0.3 is 5.97 Å². The van der Waals surface area contributed by atoms with Gasteiger partial charge in [-0.2, -0.15) is 0 Å². The number of nitrogens with one attached hydrogen (secondary N) is 1. The Balaban J connectivity index is 2.91. The fourth-order valence-electron chi connectivity index (χ4n) is 2.01. The van der Waals surface area contributed by atoms with Crippen LogP contribution in [0.2, 0.25) is 0 Å². The minimum Gasteiger partial charge on any atom is -0.478 e. The molecule has 4 heteroatoms. The quantitative estimate of drug-likeness (QED) is 0.748. The molecule has 0 spiro atoms. The summed E-state index contributed by atoms with van der Waals surface area (Å²) in [6, 6.07) is 6.41. The van der Waals surface area contributed by atoms with E-state index in [1.165, 1.54) is 0 Å². The second kappa shape index (κ2) is 8.67. The number of esters is 1. The number of ether oxygens (including phenoxy) is 2. The maximum Gasteiger partial charge on any atom is 0.347 e. The molecule has 1 aromatic carbocycles. The average molecular weight is 293 g/mol. The largest absolute Gasteiger partial charge is 0.478 e. The molecule has 0 fully saturated rings. The van der Waals surface area contributed by atoms with Gasteiger partial charge in [0.05, 0.1) is 6.61 Å². The van der Waals surface area contributed by atoms with Gasteiger partial charge in [-0.3, -0.25) is 0 Å². The lowest BCUT2D eigenvalue weighted by Gasteiger charge is -2.20. The van der Waals surface area contributed by atoms with E-state index in [2.05, 4.69) is 19.2 Å². The van der Waals surface area contributed by atoms with Gasteiger partial charge in [0.1, 0.15) is 5.75 Å². The first-order valence-electron chi connectivity index (χ1n) is 7.64. The number of carbonyl (C=O) groups is 1. The molecule has 0 heterocycles. The molecule has 118 valence electrons. The zero-order valence-electron chi connectivity index (χ0n) is 13.7. The molecule has 0 saturated heterocycles. The standard InChI is InChI=1S/C17H27NO3/c1-6-15(17(19)20-7-2)21-16-13(5)9-8-10-14(16)11-18-12(3)4/h8-10,12,15,18H,6-7,11H2,1-5H3. The fraction of sp³-hybridized carbons (Fsp3) is 0.588. The molecule has 0 aliphatic heterocycles. The predicted octanol–water partition coefficient (Wildman–Crippen LogP) is 3.21. The van der Waals surface area contributed by atoms with E-state index in [4.69, 9.17) is 9.47 Å².